The maximum absolute atomic E-state index is 12.5. The minimum Gasteiger partial charge on any atom is -0.296 e. The van der Waals surface area contributed by atoms with Crippen LogP contribution in [0.4, 0.5) is 0 Å². The van der Waals surface area contributed by atoms with E-state index in [2.05, 4.69) is 41.6 Å². The predicted molar refractivity (Wildman–Crippen MR) is 84.2 cm³/mol. The van der Waals surface area contributed by atoms with Crippen molar-refractivity contribution in [3.05, 3.63) is 28.7 Å². The van der Waals surface area contributed by atoms with E-state index in [4.69, 9.17) is 0 Å². The fourth-order valence-electron chi connectivity index (χ4n) is 2.35. The van der Waals surface area contributed by atoms with Crippen LogP contribution >= 0.6 is 15.9 Å². The quantitative estimate of drug-likeness (QED) is 0.813. The van der Waals surface area contributed by atoms with Gasteiger partial charge in [-0.05, 0) is 45.0 Å². The zero-order chi connectivity index (χ0) is 15.0. The van der Waals surface area contributed by atoms with Crippen molar-refractivity contribution in [2.45, 2.75) is 31.2 Å². The van der Waals surface area contributed by atoms with Gasteiger partial charge in [0.05, 0.1) is 4.90 Å². The molecule has 0 aliphatic carbocycles. The Morgan fingerprint density at radius 2 is 1.50 bits per heavy atom. The van der Waals surface area contributed by atoms with E-state index in [1.54, 1.807) is 28.6 Å². The molecule has 0 N–H and O–H groups in total. The van der Waals surface area contributed by atoms with Crippen LogP contribution in [0, 0.1) is 0 Å². The molecule has 0 spiro atoms. The number of nitrogens with zero attached hydrogens (tertiary/aromatic N) is 2. The van der Waals surface area contributed by atoms with Crippen LogP contribution in [0.3, 0.4) is 0 Å². The standard InChI is InChI=1S/C14H21BrN2O2S/c1-14(2,3)16-8-10-17(11-9-16)20(18,19)13-6-4-12(15)5-7-13/h4-7H,8-11H2,1-3H3. The molecule has 1 saturated heterocycles. The summed E-state index contributed by atoms with van der Waals surface area (Å²) >= 11 is 3.32. The highest BCUT2D eigenvalue weighted by atomic mass is 79.9. The van der Waals surface area contributed by atoms with Crippen LogP contribution < -0.4 is 0 Å². The first-order valence-electron chi connectivity index (χ1n) is 6.72. The number of hydrogen-bond donors (Lipinski definition) is 0. The lowest BCUT2D eigenvalue weighted by atomic mass is 10.1. The first-order chi connectivity index (χ1) is 9.21. The van der Waals surface area contributed by atoms with Gasteiger partial charge >= 0.3 is 0 Å². The summed E-state index contributed by atoms with van der Waals surface area (Å²) in [5.74, 6) is 0. The Morgan fingerprint density at radius 3 is 1.95 bits per heavy atom. The van der Waals surface area contributed by atoms with Gasteiger partial charge in [-0.3, -0.25) is 4.90 Å². The van der Waals surface area contributed by atoms with E-state index in [1.807, 2.05) is 0 Å². The fourth-order valence-corrected chi connectivity index (χ4v) is 4.04. The van der Waals surface area contributed by atoms with Crippen molar-refractivity contribution < 1.29 is 8.42 Å². The summed E-state index contributed by atoms with van der Waals surface area (Å²) in [6.07, 6.45) is 0. The molecule has 20 heavy (non-hydrogen) atoms. The Labute approximate surface area is 129 Å². The number of hydrogen-bond acceptors (Lipinski definition) is 3. The maximum atomic E-state index is 12.5. The molecule has 0 amide bonds. The van der Waals surface area contributed by atoms with Crippen molar-refractivity contribution in [1.29, 1.82) is 0 Å². The molecule has 1 heterocycles. The van der Waals surface area contributed by atoms with Crippen molar-refractivity contribution in [2.24, 2.45) is 0 Å². The molecule has 4 nitrogen and oxygen atoms in total. The lowest BCUT2D eigenvalue weighted by Crippen LogP contribution is -2.54. The molecule has 0 aromatic heterocycles. The van der Waals surface area contributed by atoms with Gasteiger partial charge in [0, 0.05) is 36.2 Å². The third kappa shape index (κ3) is 3.42. The van der Waals surface area contributed by atoms with E-state index in [9.17, 15) is 8.42 Å². The summed E-state index contributed by atoms with van der Waals surface area (Å²) in [5.41, 5.74) is 0.0907. The molecular weight excluding hydrogens is 340 g/mol. The molecule has 1 fully saturated rings. The Balaban J connectivity index is 2.11. The SMILES string of the molecule is CC(C)(C)N1CCN(S(=O)(=O)c2ccc(Br)cc2)CC1. The van der Waals surface area contributed by atoms with E-state index in [-0.39, 0.29) is 5.54 Å². The van der Waals surface area contributed by atoms with Crippen molar-refractivity contribution in [2.75, 3.05) is 26.2 Å². The number of piperazine rings is 1. The van der Waals surface area contributed by atoms with Crippen LogP contribution in [-0.2, 0) is 10.0 Å². The van der Waals surface area contributed by atoms with Crippen LogP contribution in [0.25, 0.3) is 0 Å². The molecule has 0 bridgehead atoms. The molecule has 1 aliphatic rings. The van der Waals surface area contributed by atoms with Gasteiger partial charge in [0.1, 0.15) is 0 Å². The fraction of sp³-hybridized carbons (Fsp3) is 0.571. The van der Waals surface area contributed by atoms with Gasteiger partial charge in [0.15, 0.2) is 0 Å². The highest BCUT2D eigenvalue weighted by molar-refractivity contribution is 9.10. The average Bonchev–Trinajstić information content (AvgIpc) is 2.38. The van der Waals surface area contributed by atoms with Crippen LogP contribution in [0.1, 0.15) is 20.8 Å². The van der Waals surface area contributed by atoms with Crippen LogP contribution in [0.2, 0.25) is 0 Å². The lowest BCUT2D eigenvalue weighted by molar-refractivity contribution is 0.0922. The van der Waals surface area contributed by atoms with Gasteiger partial charge in [-0.2, -0.15) is 4.31 Å². The van der Waals surface area contributed by atoms with Gasteiger partial charge < -0.3 is 0 Å². The maximum Gasteiger partial charge on any atom is 0.243 e. The second-order valence-electron chi connectivity index (χ2n) is 6.02. The third-order valence-corrected chi connectivity index (χ3v) is 6.08. The van der Waals surface area contributed by atoms with Gasteiger partial charge in [-0.25, -0.2) is 8.42 Å². The van der Waals surface area contributed by atoms with Gasteiger partial charge in [0.2, 0.25) is 10.0 Å². The van der Waals surface area contributed by atoms with Crippen LogP contribution in [-0.4, -0.2) is 49.3 Å². The van der Waals surface area contributed by atoms with Crippen molar-refractivity contribution in [1.82, 2.24) is 9.21 Å². The average molecular weight is 361 g/mol. The number of benzene rings is 1. The summed E-state index contributed by atoms with van der Waals surface area (Å²) in [7, 11) is -3.36. The van der Waals surface area contributed by atoms with E-state index in [0.29, 0.717) is 18.0 Å². The topological polar surface area (TPSA) is 40.6 Å². The Hall–Kier alpha value is -0.430. The molecule has 112 valence electrons. The zero-order valence-corrected chi connectivity index (χ0v) is 14.5. The Morgan fingerprint density at radius 1 is 1.00 bits per heavy atom. The van der Waals surface area contributed by atoms with E-state index in [0.717, 1.165) is 17.6 Å². The molecule has 1 aromatic carbocycles. The minimum atomic E-state index is -3.36. The van der Waals surface area contributed by atoms with Crippen molar-refractivity contribution in [3.63, 3.8) is 0 Å². The highest BCUT2D eigenvalue weighted by Gasteiger charge is 2.31. The van der Waals surface area contributed by atoms with Crippen molar-refractivity contribution >= 4 is 26.0 Å². The lowest BCUT2D eigenvalue weighted by Gasteiger charge is -2.41. The largest absolute Gasteiger partial charge is 0.296 e. The minimum absolute atomic E-state index is 0.0907. The van der Waals surface area contributed by atoms with Gasteiger partial charge in [-0.15, -0.1) is 0 Å². The molecule has 0 radical (unpaired) electrons. The molecule has 6 heteroatoms. The number of halogens is 1. The second kappa shape index (κ2) is 5.75. The molecule has 0 saturated carbocycles. The van der Waals surface area contributed by atoms with Crippen LogP contribution in [0.5, 0.6) is 0 Å². The Bertz CT molecular complexity index is 556. The molecule has 0 atom stereocenters. The Kier molecular flexibility index (Phi) is 4.59. The molecule has 0 unspecified atom stereocenters. The van der Waals surface area contributed by atoms with E-state index in [1.165, 1.54) is 0 Å². The monoisotopic (exact) mass is 360 g/mol. The second-order valence-corrected chi connectivity index (χ2v) is 8.87. The molecule has 1 aromatic rings. The first-order valence-corrected chi connectivity index (χ1v) is 8.95. The van der Waals surface area contributed by atoms with Crippen molar-refractivity contribution in [3.8, 4) is 0 Å². The summed E-state index contributed by atoms with van der Waals surface area (Å²) in [6.45, 7) is 9.13. The zero-order valence-electron chi connectivity index (χ0n) is 12.1. The summed E-state index contributed by atoms with van der Waals surface area (Å²) in [6, 6.07) is 6.82. The molecular formula is C14H21BrN2O2S. The van der Waals surface area contributed by atoms with Gasteiger partial charge in [-0.1, -0.05) is 15.9 Å². The number of sulfonamides is 1. The normalized spacial score (nSPS) is 19.2. The first kappa shape index (κ1) is 15.9. The van der Waals surface area contributed by atoms with Gasteiger partial charge in [0.25, 0.3) is 0 Å². The summed E-state index contributed by atoms with van der Waals surface area (Å²) < 4.78 is 27.6. The summed E-state index contributed by atoms with van der Waals surface area (Å²) in [5, 5.41) is 0. The molecule has 1 aliphatic heterocycles. The predicted octanol–water partition coefficient (Wildman–Crippen LogP) is 2.55. The van der Waals surface area contributed by atoms with E-state index >= 15 is 0 Å². The molecule has 2 rings (SSSR count). The smallest absolute Gasteiger partial charge is 0.243 e. The summed E-state index contributed by atoms with van der Waals surface area (Å²) in [4.78, 5) is 2.69. The van der Waals surface area contributed by atoms with E-state index < -0.39 is 10.0 Å². The van der Waals surface area contributed by atoms with Crippen LogP contribution in [0.15, 0.2) is 33.6 Å². The number of rotatable bonds is 2. The highest BCUT2D eigenvalue weighted by Crippen LogP contribution is 2.22. The third-order valence-electron chi connectivity index (χ3n) is 3.64.